The summed E-state index contributed by atoms with van der Waals surface area (Å²) in [6.45, 7) is 3.07. The van der Waals surface area contributed by atoms with Crippen molar-refractivity contribution in [2.45, 2.75) is 32.2 Å². The summed E-state index contributed by atoms with van der Waals surface area (Å²) in [5.74, 6) is -0.182. The largest absolute Gasteiger partial charge is 0.573 e. The molecule has 0 spiro atoms. The number of rotatable bonds is 7. The molecule has 0 aliphatic rings. The summed E-state index contributed by atoms with van der Waals surface area (Å²) in [4.78, 5) is 1.96. The van der Waals surface area contributed by atoms with E-state index < -0.39 is 6.36 Å². The highest BCUT2D eigenvalue weighted by atomic mass is 19.4. The van der Waals surface area contributed by atoms with Gasteiger partial charge in [-0.25, -0.2) is 0 Å². The molecule has 0 amide bonds. The number of hydrogen-bond acceptors (Lipinski definition) is 3. The fourth-order valence-electron chi connectivity index (χ4n) is 2.08. The van der Waals surface area contributed by atoms with Crippen LogP contribution >= 0.6 is 0 Å². The number of unbranched alkanes of at least 4 members (excludes halogenated alkanes) is 1. The fourth-order valence-corrected chi connectivity index (χ4v) is 2.08. The van der Waals surface area contributed by atoms with Gasteiger partial charge >= 0.3 is 6.36 Å². The molecule has 3 nitrogen and oxygen atoms in total. The molecule has 1 atom stereocenters. The Kier molecular flexibility index (Phi) is 6.29. The Balaban J connectivity index is 2.97. The third-order valence-electron chi connectivity index (χ3n) is 3.12. The van der Waals surface area contributed by atoms with Crippen molar-refractivity contribution in [1.29, 1.82) is 0 Å². The van der Waals surface area contributed by atoms with Crippen molar-refractivity contribution in [3.63, 3.8) is 0 Å². The number of nitrogens with two attached hydrogens (primary N) is 1. The van der Waals surface area contributed by atoms with E-state index in [-0.39, 0.29) is 18.3 Å². The maximum atomic E-state index is 12.4. The van der Waals surface area contributed by atoms with E-state index in [1.54, 1.807) is 12.1 Å². The van der Waals surface area contributed by atoms with Crippen LogP contribution in [0.5, 0.6) is 5.75 Å². The maximum Gasteiger partial charge on any atom is 0.573 e. The van der Waals surface area contributed by atoms with E-state index in [2.05, 4.69) is 11.7 Å². The van der Waals surface area contributed by atoms with Crippen LogP contribution in [0.4, 0.5) is 13.2 Å². The van der Waals surface area contributed by atoms with Crippen LogP contribution in [0.2, 0.25) is 0 Å². The molecule has 1 rings (SSSR count). The van der Waals surface area contributed by atoms with E-state index in [0.29, 0.717) is 5.56 Å². The summed E-state index contributed by atoms with van der Waals surface area (Å²) in [6, 6.07) is 5.86. The van der Waals surface area contributed by atoms with E-state index in [1.165, 1.54) is 12.1 Å². The smallest absolute Gasteiger partial charge is 0.405 e. The zero-order chi connectivity index (χ0) is 15.2. The number of ether oxygens (including phenoxy) is 1. The third-order valence-corrected chi connectivity index (χ3v) is 3.12. The monoisotopic (exact) mass is 290 g/mol. The van der Waals surface area contributed by atoms with Crippen LogP contribution < -0.4 is 10.5 Å². The van der Waals surface area contributed by atoms with E-state index >= 15 is 0 Å². The molecule has 0 heterocycles. The van der Waals surface area contributed by atoms with Crippen molar-refractivity contribution < 1.29 is 17.9 Å². The second-order valence-electron chi connectivity index (χ2n) is 4.67. The minimum Gasteiger partial charge on any atom is -0.405 e. The number of nitrogens with zero attached hydrogens (tertiary/aromatic N) is 1. The molecule has 0 saturated heterocycles. The van der Waals surface area contributed by atoms with Gasteiger partial charge in [0.1, 0.15) is 5.75 Å². The highest BCUT2D eigenvalue weighted by Crippen LogP contribution is 2.32. The average molecular weight is 290 g/mol. The van der Waals surface area contributed by atoms with Crippen LogP contribution in [0.15, 0.2) is 24.3 Å². The Bertz CT molecular complexity index is 410. The normalized spacial score (nSPS) is 13.6. The van der Waals surface area contributed by atoms with Gasteiger partial charge in [0.25, 0.3) is 0 Å². The molecule has 1 unspecified atom stereocenters. The first-order valence-corrected chi connectivity index (χ1v) is 6.64. The summed E-state index contributed by atoms with van der Waals surface area (Å²) < 4.78 is 41.4. The van der Waals surface area contributed by atoms with Gasteiger partial charge in [-0.1, -0.05) is 31.5 Å². The van der Waals surface area contributed by atoms with Gasteiger partial charge in [-0.05, 0) is 26.1 Å². The molecular formula is C14H21F3N2O. The molecular weight excluding hydrogens is 269 g/mol. The average Bonchev–Trinajstić information content (AvgIpc) is 2.37. The summed E-state index contributed by atoms with van der Waals surface area (Å²) in [7, 11) is 1.86. The second-order valence-corrected chi connectivity index (χ2v) is 4.67. The fraction of sp³-hybridized carbons (Fsp3) is 0.571. The van der Waals surface area contributed by atoms with Gasteiger partial charge < -0.3 is 10.5 Å². The van der Waals surface area contributed by atoms with Crippen LogP contribution in [0.25, 0.3) is 0 Å². The first-order valence-electron chi connectivity index (χ1n) is 6.64. The molecule has 0 aromatic heterocycles. The quantitative estimate of drug-likeness (QED) is 0.837. The molecule has 114 valence electrons. The van der Waals surface area contributed by atoms with E-state index in [1.807, 2.05) is 11.9 Å². The molecule has 2 N–H and O–H groups in total. The summed E-state index contributed by atoms with van der Waals surface area (Å²) in [6.07, 6.45) is -2.71. The maximum absolute atomic E-state index is 12.4. The number of para-hydroxylation sites is 1. The standard InChI is InChI=1S/C14H21F3N2O/c1-3-4-9-19(2)12(10-18)11-7-5-6-8-13(11)20-14(15,16)17/h5-8,12H,3-4,9-10,18H2,1-2H3. The highest BCUT2D eigenvalue weighted by molar-refractivity contribution is 5.36. The number of alkyl halides is 3. The summed E-state index contributed by atoms with van der Waals surface area (Å²) >= 11 is 0. The van der Waals surface area contributed by atoms with Gasteiger partial charge in [0.2, 0.25) is 0 Å². The van der Waals surface area contributed by atoms with Gasteiger partial charge in [0, 0.05) is 12.1 Å². The Labute approximate surface area is 117 Å². The van der Waals surface area contributed by atoms with Crippen LogP contribution in [-0.2, 0) is 0 Å². The number of likely N-dealkylation sites (N-methyl/N-ethyl adjacent to an activating group) is 1. The SMILES string of the molecule is CCCCN(C)C(CN)c1ccccc1OC(F)(F)F. The van der Waals surface area contributed by atoms with Gasteiger partial charge in [-0.2, -0.15) is 0 Å². The lowest BCUT2D eigenvalue weighted by Crippen LogP contribution is -2.32. The minimum absolute atomic E-state index is 0.182. The predicted octanol–water partition coefficient (Wildman–Crippen LogP) is 3.32. The van der Waals surface area contributed by atoms with Crippen molar-refractivity contribution in [3.8, 4) is 5.75 Å². The summed E-state index contributed by atoms with van der Waals surface area (Å²) in [5, 5.41) is 0. The number of halogens is 3. The predicted molar refractivity (Wildman–Crippen MR) is 72.5 cm³/mol. The van der Waals surface area contributed by atoms with Crippen molar-refractivity contribution in [3.05, 3.63) is 29.8 Å². The third kappa shape index (κ3) is 5.02. The zero-order valence-electron chi connectivity index (χ0n) is 11.8. The molecule has 1 aromatic carbocycles. The van der Waals surface area contributed by atoms with Crippen molar-refractivity contribution in [2.75, 3.05) is 20.1 Å². The Hall–Kier alpha value is -1.27. The van der Waals surface area contributed by atoms with Crippen molar-refractivity contribution >= 4 is 0 Å². The first kappa shape index (κ1) is 16.8. The molecule has 1 aromatic rings. The van der Waals surface area contributed by atoms with Crippen LogP contribution in [0, 0.1) is 0 Å². The second kappa shape index (κ2) is 7.50. The molecule has 6 heteroatoms. The van der Waals surface area contributed by atoms with Gasteiger partial charge in [0.15, 0.2) is 0 Å². The van der Waals surface area contributed by atoms with Crippen molar-refractivity contribution in [2.24, 2.45) is 5.73 Å². The van der Waals surface area contributed by atoms with E-state index in [4.69, 9.17) is 5.73 Å². The zero-order valence-corrected chi connectivity index (χ0v) is 11.8. The minimum atomic E-state index is -4.70. The first-order chi connectivity index (χ1) is 9.39. The lowest BCUT2D eigenvalue weighted by atomic mass is 10.0. The van der Waals surface area contributed by atoms with E-state index in [9.17, 15) is 13.2 Å². The highest BCUT2D eigenvalue weighted by Gasteiger charge is 2.33. The van der Waals surface area contributed by atoms with Gasteiger partial charge in [0.05, 0.1) is 6.04 Å². The molecule has 0 bridgehead atoms. The number of hydrogen-bond donors (Lipinski definition) is 1. The van der Waals surface area contributed by atoms with Crippen molar-refractivity contribution in [1.82, 2.24) is 4.90 Å². The van der Waals surface area contributed by atoms with Crippen LogP contribution in [0.3, 0.4) is 0 Å². The van der Waals surface area contributed by atoms with Crippen LogP contribution in [-0.4, -0.2) is 31.4 Å². The molecule has 20 heavy (non-hydrogen) atoms. The molecule has 0 aliphatic heterocycles. The Morgan fingerprint density at radius 1 is 1.30 bits per heavy atom. The van der Waals surface area contributed by atoms with E-state index in [0.717, 1.165) is 19.4 Å². The molecule has 0 radical (unpaired) electrons. The Morgan fingerprint density at radius 3 is 2.50 bits per heavy atom. The van der Waals surface area contributed by atoms with Gasteiger partial charge in [-0.15, -0.1) is 13.2 Å². The van der Waals surface area contributed by atoms with Crippen LogP contribution in [0.1, 0.15) is 31.4 Å². The molecule has 0 aliphatic carbocycles. The lowest BCUT2D eigenvalue weighted by molar-refractivity contribution is -0.275. The molecule has 0 fully saturated rings. The number of benzene rings is 1. The summed E-state index contributed by atoms with van der Waals surface area (Å²) in [5.41, 5.74) is 6.20. The Morgan fingerprint density at radius 2 is 1.95 bits per heavy atom. The lowest BCUT2D eigenvalue weighted by Gasteiger charge is -2.28. The topological polar surface area (TPSA) is 38.5 Å². The van der Waals surface area contributed by atoms with Gasteiger partial charge in [-0.3, -0.25) is 4.90 Å². The molecule has 0 saturated carbocycles.